The number of carbonyl (C=O) groups is 1. The van der Waals surface area contributed by atoms with Crippen LogP contribution in [0.5, 0.6) is 0 Å². The summed E-state index contributed by atoms with van der Waals surface area (Å²) in [6.45, 7) is 1.72. The lowest BCUT2D eigenvalue weighted by molar-refractivity contribution is -0.113. The van der Waals surface area contributed by atoms with Gasteiger partial charge in [0.05, 0.1) is 5.75 Å². The Bertz CT molecular complexity index is 815. The Kier molecular flexibility index (Phi) is 4.24. The maximum absolute atomic E-state index is 11.9. The maximum Gasteiger partial charge on any atom is 0.322 e. The van der Waals surface area contributed by atoms with Gasteiger partial charge in [-0.1, -0.05) is 35.1 Å². The third kappa shape index (κ3) is 3.48. The van der Waals surface area contributed by atoms with E-state index in [9.17, 15) is 4.79 Å². The number of anilines is 1. The number of benzene rings is 1. The molecule has 3 N–H and O–H groups in total. The van der Waals surface area contributed by atoms with Crippen LogP contribution in [0.25, 0.3) is 11.5 Å². The quantitative estimate of drug-likeness (QED) is 0.525. The Labute approximate surface area is 135 Å². The van der Waals surface area contributed by atoms with E-state index in [1.54, 1.807) is 6.92 Å². The summed E-state index contributed by atoms with van der Waals surface area (Å²) in [5, 5.41) is 18.3. The molecule has 1 aromatic carbocycles. The highest BCUT2D eigenvalue weighted by Crippen LogP contribution is 2.19. The topological polar surface area (TPSA) is 125 Å². The molecule has 0 saturated carbocycles. The fourth-order valence-electron chi connectivity index (χ4n) is 1.70. The molecule has 0 bridgehead atoms. The summed E-state index contributed by atoms with van der Waals surface area (Å²) < 4.78 is 6.72. The number of amides is 1. The van der Waals surface area contributed by atoms with Crippen LogP contribution in [0.15, 0.2) is 39.9 Å². The van der Waals surface area contributed by atoms with Crippen molar-refractivity contribution in [2.24, 2.45) is 0 Å². The van der Waals surface area contributed by atoms with Crippen molar-refractivity contribution < 1.29 is 9.21 Å². The summed E-state index contributed by atoms with van der Waals surface area (Å²) in [6, 6.07) is 9.33. The number of nitrogens with one attached hydrogen (secondary N) is 1. The molecule has 0 fully saturated rings. The van der Waals surface area contributed by atoms with Crippen LogP contribution in [-0.4, -0.2) is 36.7 Å². The van der Waals surface area contributed by atoms with Crippen LogP contribution in [0.3, 0.4) is 0 Å². The number of aromatic nitrogens is 5. The first kappa shape index (κ1) is 15.0. The van der Waals surface area contributed by atoms with Crippen molar-refractivity contribution >= 4 is 23.7 Å². The molecule has 0 aliphatic heterocycles. The van der Waals surface area contributed by atoms with E-state index >= 15 is 0 Å². The highest BCUT2D eigenvalue weighted by atomic mass is 32.2. The minimum Gasteiger partial charge on any atom is -0.403 e. The van der Waals surface area contributed by atoms with Crippen molar-refractivity contribution in [1.29, 1.82) is 0 Å². The van der Waals surface area contributed by atoms with Crippen LogP contribution in [0.4, 0.5) is 6.01 Å². The SMILES string of the molecule is Cc1nnc(SCC(=O)Nc2nnc(-c3ccccc3)o2)n1N. The fourth-order valence-corrected chi connectivity index (χ4v) is 2.41. The molecule has 23 heavy (non-hydrogen) atoms. The Morgan fingerprint density at radius 1 is 1.26 bits per heavy atom. The molecule has 0 spiro atoms. The lowest BCUT2D eigenvalue weighted by Gasteiger charge is -2.01. The Balaban J connectivity index is 1.58. The van der Waals surface area contributed by atoms with Crippen LogP contribution in [-0.2, 0) is 4.79 Å². The summed E-state index contributed by atoms with van der Waals surface area (Å²) in [5.41, 5.74) is 0.779. The van der Waals surface area contributed by atoms with E-state index in [2.05, 4.69) is 25.7 Å². The smallest absolute Gasteiger partial charge is 0.322 e. The zero-order valence-corrected chi connectivity index (χ0v) is 12.9. The first-order valence-electron chi connectivity index (χ1n) is 6.62. The molecule has 118 valence electrons. The molecule has 3 rings (SSSR count). The molecule has 2 heterocycles. The van der Waals surface area contributed by atoms with Gasteiger partial charge >= 0.3 is 6.01 Å². The van der Waals surface area contributed by atoms with Crippen LogP contribution in [0.2, 0.25) is 0 Å². The monoisotopic (exact) mass is 331 g/mol. The summed E-state index contributed by atoms with van der Waals surface area (Å²) in [4.78, 5) is 11.9. The molecule has 9 nitrogen and oxygen atoms in total. The number of carbonyl (C=O) groups excluding carboxylic acids is 1. The Hall–Kier alpha value is -2.88. The Morgan fingerprint density at radius 2 is 2.04 bits per heavy atom. The Morgan fingerprint density at radius 3 is 2.74 bits per heavy atom. The number of thioether (sulfide) groups is 1. The highest BCUT2D eigenvalue weighted by Gasteiger charge is 2.13. The van der Waals surface area contributed by atoms with Gasteiger partial charge in [0.1, 0.15) is 5.82 Å². The predicted molar refractivity (Wildman–Crippen MR) is 84.0 cm³/mol. The predicted octanol–water partition coefficient (Wildman–Crippen LogP) is 1.08. The summed E-state index contributed by atoms with van der Waals surface area (Å²) >= 11 is 1.16. The molecule has 0 unspecified atom stereocenters. The second-order valence-electron chi connectivity index (χ2n) is 4.52. The van der Waals surface area contributed by atoms with E-state index in [4.69, 9.17) is 10.3 Å². The van der Waals surface area contributed by atoms with Gasteiger partial charge in [0, 0.05) is 5.56 Å². The van der Waals surface area contributed by atoms with Crippen molar-refractivity contribution in [3.8, 4) is 11.5 Å². The van der Waals surface area contributed by atoms with Crippen molar-refractivity contribution in [1.82, 2.24) is 25.1 Å². The number of rotatable bonds is 5. The molecule has 0 saturated heterocycles. The molecule has 2 aromatic heterocycles. The van der Waals surface area contributed by atoms with Crippen LogP contribution in [0, 0.1) is 6.92 Å². The van der Waals surface area contributed by atoms with Gasteiger partial charge in [0.2, 0.25) is 17.0 Å². The van der Waals surface area contributed by atoms with Crippen molar-refractivity contribution in [2.75, 3.05) is 16.9 Å². The van der Waals surface area contributed by atoms with E-state index in [-0.39, 0.29) is 17.7 Å². The van der Waals surface area contributed by atoms with E-state index in [0.29, 0.717) is 16.9 Å². The van der Waals surface area contributed by atoms with Crippen molar-refractivity contribution in [3.05, 3.63) is 36.2 Å². The summed E-state index contributed by atoms with van der Waals surface area (Å²) in [6.07, 6.45) is 0. The standard InChI is InChI=1S/C13H13N7O2S/c1-8-16-19-13(20(8)14)23-7-10(21)15-12-18-17-11(22-12)9-5-3-2-4-6-9/h2-6H,7,14H2,1H3,(H,15,18,21). The average molecular weight is 331 g/mol. The number of aryl methyl sites for hydroxylation is 1. The summed E-state index contributed by atoms with van der Waals surface area (Å²) in [7, 11) is 0. The zero-order valence-electron chi connectivity index (χ0n) is 12.1. The average Bonchev–Trinajstić information content (AvgIpc) is 3.15. The first-order valence-corrected chi connectivity index (χ1v) is 7.60. The van der Waals surface area contributed by atoms with Gasteiger partial charge in [-0.2, -0.15) is 0 Å². The maximum atomic E-state index is 11.9. The van der Waals surface area contributed by atoms with Crippen LogP contribution >= 0.6 is 11.8 Å². The van der Waals surface area contributed by atoms with Gasteiger partial charge < -0.3 is 10.3 Å². The largest absolute Gasteiger partial charge is 0.403 e. The van der Waals surface area contributed by atoms with Crippen LogP contribution < -0.4 is 11.2 Å². The third-order valence-electron chi connectivity index (χ3n) is 2.86. The van der Waals surface area contributed by atoms with Crippen LogP contribution in [0.1, 0.15) is 5.82 Å². The van der Waals surface area contributed by atoms with E-state index < -0.39 is 0 Å². The van der Waals surface area contributed by atoms with Gasteiger partial charge in [-0.3, -0.25) is 10.1 Å². The molecule has 0 atom stereocenters. The molecular formula is C13H13N7O2S. The van der Waals surface area contributed by atoms with Crippen molar-refractivity contribution in [2.45, 2.75) is 12.1 Å². The first-order chi connectivity index (χ1) is 11.1. The van der Waals surface area contributed by atoms with Gasteiger partial charge in [-0.05, 0) is 19.1 Å². The molecule has 0 aliphatic rings. The van der Waals surface area contributed by atoms with Gasteiger partial charge in [0.25, 0.3) is 0 Å². The number of hydrogen-bond acceptors (Lipinski definition) is 8. The lowest BCUT2D eigenvalue weighted by atomic mass is 10.2. The lowest BCUT2D eigenvalue weighted by Crippen LogP contribution is -2.16. The fraction of sp³-hybridized carbons (Fsp3) is 0.154. The van der Waals surface area contributed by atoms with Gasteiger partial charge in [0.15, 0.2) is 0 Å². The number of nitrogens with zero attached hydrogens (tertiary/aromatic N) is 5. The molecule has 0 radical (unpaired) electrons. The second-order valence-corrected chi connectivity index (χ2v) is 5.46. The van der Waals surface area contributed by atoms with Gasteiger partial charge in [-0.25, -0.2) is 4.68 Å². The minimum absolute atomic E-state index is 0.0415. The molecule has 1 amide bonds. The normalized spacial score (nSPS) is 10.7. The minimum atomic E-state index is -0.307. The number of nitrogen functional groups attached to an aromatic ring is 1. The van der Waals surface area contributed by atoms with Crippen molar-refractivity contribution in [3.63, 3.8) is 0 Å². The number of nitrogens with two attached hydrogens (primary N) is 1. The molecule has 3 aromatic rings. The summed E-state index contributed by atoms with van der Waals surface area (Å²) in [5.74, 6) is 6.40. The van der Waals surface area contributed by atoms with E-state index in [1.165, 1.54) is 4.68 Å². The molecule has 0 aliphatic carbocycles. The van der Waals surface area contributed by atoms with E-state index in [1.807, 2.05) is 30.3 Å². The number of hydrogen-bond donors (Lipinski definition) is 2. The molecular weight excluding hydrogens is 318 g/mol. The second kappa shape index (κ2) is 6.48. The third-order valence-corrected chi connectivity index (χ3v) is 3.80. The van der Waals surface area contributed by atoms with E-state index in [0.717, 1.165) is 17.3 Å². The molecule has 10 heteroatoms. The zero-order chi connectivity index (χ0) is 16.2. The highest BCUT2D eigenvalue weighted by molar-refractivity contribution is 7.99. The van der Waals surface area contributed by atoms with Gasteiger partial charge in [-0.15, -0.1) is 15.3 Å².